The minimum atomic E-state index is -4.47. The molecule has 14 heteroatoms. The van der Waals surface area contributed by atoms with Crippen molar-refractivity contribution in [2.45, 2.75) is 23.5 Å². The van der Waals surface area contributed by atoms with Crippen molar-refractivity contribution in [2.24, 2.45) is 5.92 Å². The van der Waals surface area contributed by atoms with Crippen molar-refractivity contribution in [1.29, 1.82) is 0 Å². The second-order valence-corrected chi connectivity index (χ2v) is 8.83. The Bertz CT molecular complexity index is 1090. The van der Waals surface area contributed by atoms with E-state index in [-0.39, 0.29) is 17.2 Å². The van der Waals surface area contributed by atoms with Crippen molar-refractivity contribution in [3.05, 3.63) is 39.4 Å². The first-order valence-electron chi connectivity index (χ1n) is 7.77. The van der Waals surface area contributed by atoms with Gasteiger partial charge in [0.05, 0.1) is 18.1 Å². The molecule has 1 amide bonds. The lowest BCUT2D eigenvalue weighted by molar-refractivity contribution is -0.150. The summed E-state index contributed by atoms with van der Waals surface area (Å²) < 4.78 is 70.9. The normalized spacial score (nSPS) is 19.1. The van der Waals surface area contributed by atoms with E-state index >= 15 is 0 Å². The van der Waals surface area contributed by atoms with Crippen LogP contribution in [0, 0.1) is 5.92 Å². The molecule has 1 N–H and O–H groups in total. The molecule has 7 nitrogen and oxygen atoms in total. The highest BCUT2D eigenvalue weighted by Crippen LogP contribution is 2.55. The third-order valence-electron chi connectivity index (χ3n) is 4.19. The molecule has 158 valence electrons. The summed E-state index contributed by atoms with van der Waals surface area (Å²) in [5.41, 5.74) is -0.632. The number of ether oxygens (including phenoxy) is 1. The van der Waals surface area contributed by atoms with E-state index in [1.54, 1.807) is 4.72 Å². The highest BCUT2D eigenvalue weighted by atomic mass is 35.5. The van der Waals surface area contributed by atoms with Crippen molar-refractivity contribution < 1.29 is 31.1 Å². The van der Waals surface area contributed by atoms with Gasteiger partial charge < -0.3 is 9.30 Å². The second kappa shape index (κ2) is 7.53. The van der Waals surface area contributed by atoms with E-state index in [0.717, 1.165) is 10.6 Å². The largest absolute Gasteiger partial charge is 0.497 e. The Kier molecular flexibility index (Phi) is 5.71. The lowest BCUT2D eigenvalue weighted by Gasteiger charge is -2.10. The van der Waals surface area contributed by atoms with Crippen LogP contribution < -0.4 is 9.46 Å². The summed E-state index contributed by atoms with van der Waals surface area (Å²) in [4.78, 5) is 15.6. The number of methoxy groups -OCH3 is 1. The zero-order chi connectivity index (χ0) is 21.7. The third-order valence-corrected chi connectivity index (χ3v) is 6.63. The van der Waals surface area contributed by atoms with E-state index in [0.29, 0.717) is 0 Å². The van der Waals surface area contributed by atoms with E-state index in [1.165, 1.54) is 19.2 Å². The summed E-state index contributed by atoms with van der Waals surface area (Å²) >= 11 is 17.7. The number of halogens is 6. The number of aromatic nitrogens is 2. The molecule has 1 fully saturated rings. The van der Waals surface area contributed by atoms with Gasteiger partial charge in [-0.25, -0.2) is 18.1 Å². The predicted molar refractivity (Wildman–Crippen MR) is 98.1 cm³/mol. The molecule has 1 heterocycles. The van der Waals surface area contributed by atoms with Crippen LogP contribution in [0.2, 0.25) is 15.5 Å². The molecular formula is C15H11Cl3F3N3O4S. The predicted octanol–water partition coefficient (Wildman–Crippen LogP) is 4.09. The molecule has 1 aromatic carbocycles. The summed E-state index contributed by atoms with van der Waals surface area (Å²) in [6, 6.07) is 2.63. The molecular weight excluding hydrogens is 482 g/mol. The third kappa shape index (κ3) is 4.27. The van der Waals surface area contributed by atoms with E-state index in [1.807, 2.05) is 0 Å². The average molecular weight is 493 g/mol. The van der Waals surface area contributed by atoms with Gasteiger partial charge in [0.25, 0.3) is 15.9 Å². The first-order chi connectivity index (χ1) is 13.4. The maximum Gasteiger partial charge on any atom is 0.393 e. The minimum absolute atomic E-state index is 0.166. The van der Waals surface area contributed by atoms with Crippen LogP contribution >= 0.6 is 34.8 Å². The molecule has 1 aliphatic carbocycles. The molecule has 0 aliphatic heterocycles. The van der Waals surface area contributed by atoms with Crippen molar-refractivity contribution in [3.63, 3.8) is 0 Å². The molecule has 2 aromatic rings. The van der Waals surface area contributed by atoms with Crippen molar-refractivity contribution in [1.82, 2.24) is 14.3 Å². The van der Waals surface area contributed by atoms with Crippen LogP contribution in [-0.4, -0.2) is 37.2 Å². The van der Waals surface area contributed by atoms with Gasteiger partial charge in [-0.3, -0.25) is 4.79 Å². The SMILES string of the molecule is COc1ccc(Cl)c(S(=O)(=O)NC(=O)c2nc(Cl)n(C3CC3C(F)(F)F)c2Cl)c1. The van der Waals surface area contributed by atoms with Gasteiger partial charge in [-0.05, 0) is 30.2 Å². The molecule has 3 rings (SSSR count). The van der Waals surface area contributed by atoms with Gasteiger partial charge in [0.15, 0.2) is 5.69 Å². The molecule has 0 bridgehead atoms. The van der Waals surface area contributed by atoms with Crippen molar-refractivity contribution in [2.75, 3.05) is 7.11 Å². The van der Waals surface area contributed by atoms with Gasteiger partial charge in [-0.15, -0.1) is 0 Å². The van der Waals surface area contributed by atoms with Gasteiger partial charge in [0, 0.05) is 12.1 Å². The molecule has 2 unspecified atom stereocenters. The average Bonchev–Trinajstić information content (AvgIpc) is 3.34. The van der Waals surface area contributed by atoms with Crippen LogP contribution in [0.3, 0.4) is 0 Å². The molecule has 0 radical (unpaired) electrons. The maximum absolute atomic E-state index is 12.8. The molecule has 1 saturated carbocycles. The van der Waals surface area contributed by atoms with Crippen LogP contribution in [-0.2, 0) is 10.0 Å². The number of nitrogens with one attached hydrogen (secondary N) is 1. The zero-order valence-electron chi connectivity index (χ0n) is 14.3. The number of nitrogens with zero attached hydrogens (tertiary/aromatic N) is 2. The Labute approximate surface area is 177 Å². The van der Waals surface area contributed by atoms with Gasteiger partial charge in [0.2, 0.25) is 5.28 Å². The lowest BCUT2D eigenvalue weighted by Crippen LogP contribution is -2.31. The number of hydrogen-bond acceptors (Lipinski definition) is 5. The van der Waals surface area contributed by atoms with Crippen LogP contribution in [0.5, 0.6) is 5.75 Å². The topological polar surface area (TPSA) is 90.3 Å². The first-order valence-corrected chi connectivity index (χ1v) is 10.4. The van der Waals surface area contributed by atoms with Crippen LogP contribution in [0.15, 0.2) is 23.1 Å². The van der Waals surface area contributed by atoms with E-state index in [4.69, 9.17) is 39.5 Å². The summed E-state index contributed by atoms with van der Waals surface area (Å²) in [6.45, 7) is 0. The highest BCUT2D eigenvalue weighted by Gasteiger charge is 2.58. The standard InChI is InChI=1S/C15H11Cl3F3N3O4S/c1-28-6-2-3-8(16)10(4-6)29(26,27)23-13(25)11-12(17)24(14(18)22-11)9-5-7(9)15(19,20)21/h2-4,7,9H,5H2,1H3,(H,23,25). The first kappa shape index (κ1) is 22.0. The number of carbonyl (C=O) groups is 1. The smallest absolute Gasteiger partial charge is 0.393 e. The van der Waals surface area contributed by atoms with E-state index in [2.05, 4.69) is 4.98 Å². The van der Waals surface area contributed by atoms with Crippen molar-refractivity contribution >= 4 is 50.7 Å². The summed E-state index contributed by atoms with van der Waals surface area (Å²) in [5.74, 6) is -2.79. The number of benzene rings is 1. The number of amides is 1. The zero-order valence-corrected chi connectivity index (χ0v) is 17.4. The lowest BCUT2D eigenvalue weighted by atomic mass is 10.3. The highest BCUT2D eigenvalue weighted by molar-refractivity contribution is 7.90. The van der Waals surface area contributed by atoms with Crippen molar-refractivity contribution in [3.8, 4) is 5.75 Å². The van der Waals surface area contributed by atoms with Gasteiger partial charge in [-0.2, -0.15) is 13.2 Å². The fourth-order valence-electron chi connectivity index (χ4n) is 2.67. The Balaban J connectivity index is 1.88. The van der Waals surface area contributed by atoms with Gasteiger partial charge >= 0.3 is 6.18 Å². The number of sulfonamides is 1. The number of imidazole rings is 1. The Morgan fingerprint density at radius 3 is 2.52 bits per heavy atom. The number of carbonyl (C=O) groups excluding carboxylic acids is 1. The number of rotatable bonds is 5. The molecule has 0 spiro atoms. The fraction of sp³-hybridized carbons (Fsp3) is 0.333. The molecule has 1 aromatic heterocycles. The molecule has 2 atom stereocenters. The Morgan fingerprint density at radius 1 is 1.31 bits per heavy atom. The quantitative estimate of drug-likeness (QED) is 0.679. The van der Waals surface area contributed by atoms with Gasteiger partial charge in [-0.1, -0.05) is 23.2 Å². The summed E-state index contributed by atoms with van der Waals surface area (Å²) in [7, 11) is -3.17. The second-order valence-electron chi connectivity index (χ2n) is 6.07. The number of hydrogen-bond donors (Lipinski definition) is 1. The minimum Gasteiger partial charge on any atom is -0.497 e. The van der Waals surface area contributed by atoms with Crippen LogP contribution in [0.1, 0.15) is 23.0 Å². The molecule has 29 heavy (non-hydrogen) atoms. The monoisotopic (exact) mass is 491 g/mol. The Morgan fingerprint density at radius 2 is 1.97 bits per heavy atom. The molecule has 0 saturated heterocycles. The summed E-state index contributed by atoms with van der Waals surface area (Å²) in [6.07, 6.45) is -4.74. The summed E-state index contributed by atoms with van der Waals surface area (Å²) in [5, 5.41) is -1.16. The maximum atomic E-state index is 12.8. The number of alkyl halides is 3. The van der Waals surface area contributed by atoms with Crippen LogP contribution in [0.25, 0.3) is 0 Å². The van der Waals surface area contributed by atoms with Crippen LogP contribution in [0.4, 0.5) is 13.2 Å². The van der Waals surface area contributed by atoms with Gasteiger partial charge in [0.1, 0.15) is 15.8 Å². The van der Waals surface area contributed by atoms with E-state index < -0.39 is 55.1 Å². The molecule has 1 aliphatic rings. The Hall–Kier alpha value is -1.69. The van der Waals surface area contributed by atoms with E-state index in [9.17, 15) is 26.4 Å². The fourth-order valence-corrected chi connectivity index (χ4v) is 4.82.